The van der Waals surface area contributed by atoms with Gasteiger partial charge in [0.15, 0.2) is 0 Å². The van der Waals surface area contributed by atoms with Crippen molar-refractivity contribution < 1.29 is 34.3 Å². The number of rotatable bonds is 5. The number of ether oxygens (including phenoxy) is 1. The Labute approximate surface area is 210 Å². The predicted molar refractivity (Wildman–Crippen MR) is 118 cm³/mol. The first-order chi connectivity index (χ1) is 14.7. The molecule has 0 amide bonds. The second-order valence-corrected chi connectivity index (χ2v) is 7.45. The van der Waals surface area contributed by atoms with E-state index in [9.17, 15) is 0 Å². The van der Waals surface area contributed by atoms with Crippen LogP contribution < -0.4 is 39.4 Å². The molecular formula is C22H15ClN5NaOS. The summed E-state index contributed by atoms with van der Waals surface area (Å²) in [6.07, 6.45) is 3.72. The molecule has 0 aliphatic rings. The minimum atomic E-state index is 0. The van der Waals surface area contributed by atoms with E-state index >= 15 is 0 Å². The Morgan fingerprint density at radius 1 is 1.03 bits per heavy atom. The maximum atomic E-state index is 6.07. The molecule has 0 atom stereocenters. The summed E-state index contributed by atoms with van der Waals surface area (Å²) >= 11 is 11.5. The first-order valence-corrected chi connectivity index (χ1v) is 10.0. The molecule has 9 heteroatoms. The molecule has 0 N–H and O–H groups in total. The molecule has 31 heavy (non-hydrogen) atoms. The minimum absolute atomic E-state index is 0. The van der Waals surface area contributed by atoms with Crippen LogP contribution in [0, 0.1) is 4.77 Å². The number of hydrogen-bond acceptors (Lipinski definition) is 4. The average molecular weight is 456 g/mol. The van der Waals surface area contributed by atoms with Gasteiger partial charge in [-0.3, -0.25) is 5.10 Å². The predicted octanol–water partition coefficient (Wildman–Crippen LogP) is 2.11. The van der Waals surface area contributed by atoms with Crippen LogP contribution in [0.15, 0.2) is 79.1 Å². The van der Waals surface area contributed by atoms with Gasteiger partial charge in [0.1, 0.15) is 23.7 Å². The van der Waals surface area contributed by atoms with Crippen LogP contribution in [0.1, 0.15) is 5.56 Å². The Kier molecular flexibility index (Phi) is 6.60. The van der Waals surface area contributed by atoms with Crippen molar-refractivity contribution in [1.29, 1.82) is 0 Å². The summed E-state index contributed by atoms with van der Waals surface area (Å²) in [5.74, 6) is 1.34. The van der Waals surface area contributed by atoms with E-state index in [0.717, 1.165) is 22.6 Å². The van der Waals surface area contributed by atoms with E-state index < -0.39 is 0 Å². The fraction of sp³-hybridized carbons (Fsp3) is 0.0455. The fourth-order valence-electron chi connectivity index (χ4n) is 3.17. The van der Waals surface area contributed by atoms with Crippen molar-refractivity contribution in [3.8, 4) is 23.0 Å². The monoisotopic (exact) mass is 455 g/mol. The average Bonchev–Trinajstić information content (AvgIpc) is 3.36. The standard InChI is InChI=1S/C22H16ClN5OS.Na/c23-16-10-11-27-13-19(24-20(27)12-16)21-25-26-22(30)28(21)17-6-8-18(9-7-17)29-14-15-4-2-1-3-5-15;/h1-13H,14H2,(H,26,30);/q;+1/p-1. The number of aromatic nitrogens is 5. The van der Waals surface area contributed by atoms with Crippen LogP contribution in [0.2, 0.25) is 5.02 Å². The molecule has 2 aromatic carbocycles. The van der Waals surface area contributed by atoms with E-state index in [1.54, 1.807) is 16.7 Å². The molecule has 3 aromatic heterocycles. The van der Waals surface area contributed by atoms with Gasteiger partial charge in [-0.15, -0.1) is 0 Å². The number of hydrogen-bond donors (Lipinski definition) is 0. The first kappa shape index (κ1) is 21.8. The molecule has 0 unspecified atom stereocenters. The zero-order chi connectivity index (χ0) is 20.5. The third-order valence-corrected chi connectivity index (χ3v) is 5.13. The quantitative estimate of drug-likeness (QED) is 0.300. The van der Waals surface area contributed by atoms with Gasteiger partial charge in [-0.1, -0.05) is 66.3 Å². The summed E-state index contributed by atoms with van der Waals surface area (Å²) in [6.45, 7) is 0.508. The fourth-order valence-corrected chi connectivity index (χ4v) is 3.55. The smallest absolute Gasteiger partial charge is 0.489 e. The Morgan fingerprint density at radius 3 is 2.58 bits per heavy atom. The SMILES string of the molecule is S=c1[n-]nc(-c2cn3ccc(Cl)cc3n2)n1-c1ccc(OCc2ccccc2)cc1.[Na+]. The number of fused-ring (bicyclic) bond motifs is 1. The number of nitrogens with zero attached hydrogens (tertiary/aromatic N) is 5. The summed E-state index contributed by atoms with van der Waals surface area (Å²) in [7, 11) is 0. The second-order valence-electron chi connectivity index (χ2n) is 6.65. The van der Waals surface area contributed by atoms with Gasteiger partial charge in [0.05, 0.1) is 5.82 Å². The van der Waals surface area contributed by atoms with Gasteiger partial charge < -0.3 is 18.8 Å². The minimum Gasteiger partial charge on any atom is -0.489 e. The first-order valence-electron chi connectivity index (χ1n) is 9.21. The van der Waals surface area contributed by atoms with Crippen molar-refractivity contribution >= 4 is 29.5 Å². The van der Waals surface area contributed by atoms with Gasteiger partial charge in [-0.05, 0) is 29.4 Å². The Bertz CT molecular complexity index is 1380. The van der Waals surface area contributed by atoms with Crippen LogP contribution in [0.4, 0.5) is 0 Å². The van der Waals surface area contributed by atoms with E-state index in [1.807, 2.05) is 71.4 Å². The molecule has 3 heterocycles. The maximum Gasteiger partial charge on any atom is 1.00 e. The molecule has 5 aromatic rings. The molecule has 0 radical (unpaired) electrons. The van der Waals surface area contributed by atoms with E-state index in [1.165, 1.54) is 0 Å². The van der Waals surface area contributed by atoms with Gasteiger partial charge in [0, 0.05) is 28.3 Å². The third-order valence-electron chi connectivity index (χ3n) is 4.63. The van der Waals surface area contributed by atoms with Gasteiger partial charge in [0.2, 0.25) is 0 Å². The van der Waals surface area contributed by atoms with Crippen molar-refractivity contribution in [2.24, 2.45) is 0 Å². The molecule has 0 aliphatic carbocycles. The molecule has 6 nitrogen and oxygen atoms in total. The molecule has 5 rings (SSSR count). The summed E-state index contributed by atoms with van der Waals surface area (Å²) in [4.78, 5) is 4.61. The van der Waals surface area contributed by atoms with Crippen molar-refractivity contribution in [2.75, 3.05) is 0 Å². The van der Waals surface area contributed by atoms with Crippen LogP contribution in [0.25, 0.3) is 22.9 Å². The largest absolute Gasteiger partial charge is 1.00 e. The second kappa shape index (κ2) is 9.38. The summed E-state index contributed by atoms with van der Waals surface area (Å²) in [6, 6.07) is 21.3. The van der Waals surface area contributed by atoms with Gasteiger partial charge >= 0.3 is 29.6 Å². The molecule has 0 saturated heterocycles. The van der Waals surface area contributed by atoms with Gasteiger partial charge in [-0.25, -0.2) is 4.98 Å². The normalized spacial score (nSPS) is 10.7. The maximum absolute atomic E-state index is 6.07. The Balaban J connectivity index is 0.00000231. The summed E-state index contributed by atoms with van der Waals surface area (Å²) < 4.78 is 9.90. The Hall–Kier alpha value is -2.42. The van der Waals surface area contributed by atoms with Crippen molar-refractivity contribution in [1.82, 2.24) is 24.1 Å². The van der Waals surface area contributed by atoms with E-state index in [-0.39, 0.29) is 29.6 Å². The van der Waals surface area contributed by atoms with Gasteiger partial charge in [-0.2, -0.15) is 0 Å². The van der Waals surface area contributed by atoms with Crippen molar-refractivity contribution in [2.45, 2.75) is 6.61 Å². The third kappa shape index (κ3) is 4.61. The number of imidazole rings is 1. The molecule has 0 bridgehead atoms. The molecule has 148 valence electrons. The summed E-state index contributed by atoms with van der Waals surface area (Å²) in [5.41, 5.74) is 3.33. The zero-order valence-corrected chi connectivity index (χ0v) is 20.2. The van der Waals surface area contributed by atoms with E-state index in [4.69, 9.17) is 28.6 Å². The summed E-state index contributed by atoms with van der Waals surface area (Å²) in [5, 5.41) is 8.95. The van der Waals surface area contributed by atoms with Crippen LogP contribution in [-0.4, -0.2) is 19.1 Å². The van der Waals surface area contributed by atoms with Crippen LogP contribution in [0.3, 0.4) is 0 Å². The topological polar surface area (TPSA) is 58.5 Å². The van der Waals surface area contributed by atoms with Gasteiger partial charge in [0.25, 0.3) is 0 Å². The molecule has 0 aliphatic heterocycles. The molecule has 0 fully saturated rings. The zero-order valence-electron chi connectivity index (χ0n) is 16.6. The molecular weight excluding hydrogens is 441 g/mol. The number of halogens is 1. The molecule has 0 saturated carbocycles. The van der Waals surface area contributed by atoms with Crippen molar-refractivity contribution in [3.63, 3.8) is 0 Å². The van der Waals surface area contributed by atoms with E-state index in [2.05, 4.69) is 15.2 Å². The van der Waals surface area contributed by atoms with Crippen LogP contribution in [-0.2, 0) is 6.61 Å². The van der Waals surface area contributed by atoms with Crippen LogP contribution in [0.5, 0.6) is 5.75 Å². The van der Waals surface area contributed by atoms with Crippen molar-refractivity contribution in [3.05, 3.63) is 94.5 Å². The van der Waals surface area contributed by atoms with Crippen LogP contribution >= 0.6 is 23.8 Å². The van der Waals surface area contributed by atoms with E-state index in [0.29, 0.717) is 27.9 Å². The number of pyridine rings is 1. The molecule has 0 spiro atoms. The Morgan fingerprint density at radius 2 is 1.81 bits per heavy atom. The number of benzene rings is 2.